The van der Waals surface area contributed by atoms with Crippen molar-refractivity contribution >= 4 is 28.6 Å². The van der Waals surface area contributed by atoms with Crippen molar-refractivity contribution in [2.45, 2.75) is 83.2 Å². The highest BCUT2D eigenvalue weighted by Crippen LogP contribution is 2.47. The average molecular weight is 515 g/mol. The number of aromatic amines is 1. The van der Waals surface area contributed by atoms with Gasteiger partial charge in [-0.15, -0.1) is 0 Å². The zero-order chi connectivity index (χ0) is 26.8. The number of rotatable bonds is 9. The monoisotopic (exact) mass is 514 g/mol. The number of hydrogen-bond acceptors (Lipinski definition) is 4. The second kappa shape index (κ2) is 11.1. The van der Waals surface area contributed by atoms with Gasteiger partial charge in [0.05, 0.1) is 23.5 Å². The maximum atomic E-state index is 13.6. The fourth-order valence-electron chi connectivity index (χ4n) is 5.81. The highest BCUT2D eigenvalue weighted by atomic mass is 16.2. The number of Topliss-reactive ketones (excluding diaryl/α,β-unsaturated/α-hetero) is 1. The SMILES string of the molecule is Cc1cccc2[nH]c([C@H](C)CC(=O)[C@H](CC(=O)N3CCCC[C@@H]3C)NC(=O)[C@H]3C[C@@H]3c3ccccc3)nc12. The molecule has 2 heterocycles. The highest BCUT2D eigenvalue weighted by Gasteiger charge is 2.45. The van der Waals surface area contributed by atoms with Crippen LogP contribution in [0.25, 0.3) is 11.0 Å². The summed E-state index contributed by atoms with van der Waals surface area (Å²) in [6.07, 6.45) is 4.02. The fraction of sp³-hybridized carbons (Fsp3) is 0.484. The molecule has 2 fully saturated rings. The molecule has 1 saturated heterocycles. The number of hydrogen-bond donors (Lipinski definition) is 2. The summed E-state index contributed by atoms with van der Waals surface area (Å²) < 4.78 is 0. The number of likely N-dealkylation sites (tertiary alicyclic amines) is 1. The highest BCUT2D eigenvalue weighted by molar-refractivity contribution is 5.95. The van der Waals surface area contributed by atoms with Crippen molar-refractivity contribution in [1.82, 2.24) is 20.2 Å². The molecule has 200 valence electrons. The van der Waals surface area contributed by atoms with E-state index in [-0.39, 0.29) is 54.2 Å². The molecule has 1 aromatic heterocycles. The Hall–Kier alpha value is -3.48. The van der Waals surface area contributed by atoms with Crippen LogP contribution in [0.1, 0.15) is 81.2 Å². The van der Waals surface area contributed by atoms with Gasteiger partial charge in [0.1, 0.15) is 5.82 Å². The molecule has 3 aromatic rings. The van der Waals surface area contributed by atoms with E-state index in [1.807, 2.05) is 67.3 Å². The fourth-order valence-corrected chi connectivity index (χ4v) is 5.81. The van der Waals surface area contributed by atoms with E-state index in [1.54, 1.807) is 0 Å². The van der Waals surface area contributed by atoms with E-state index in [9.17, 15) is 14.4 Å². The van der Waals surface area contributed by atoms with E-state index in [4.69, 9.17) is 4.98 Å². The average Bonchev–Trinajstić information content (AvgIpc) is 3.59. The smallest absolute Gasteiger partial charge is 0.225 e. The van der Waals surface area contributed by atoms with Gasteiger partial charge in [-0.2, -0.15) is 0 Å². The van der Waals surface area contributed by atoms with E-state index in [1.165, 1.54) is 0 Å². The van der Waals surface area contributed by atoms with Crippen LogP contribution in [0, 0.1) is 12.8 Å². The first-order valence-electron chi connectivity index (χ1n) is 13.9. The Kier molecular flexibility index (Phi) is 7.63. The molecule has 0 unspecified atom stereocenters. The first-order valence-corrected chi connectivity index (χ1v) is 13.9. The first-order chi connectivity index (χ1) is 18.3. The van der Waals surface area contributed by atoms with Crippen molar-refractivity contribution in [2.75, 3.05) is 6.54 Å². The number of piperidine rings is 1. The number of carbonyl (C=O) groups excluding carboxylic acids is 3. The third-order valence-electron chi connectivity index (χ3n) is 8.27. The standard InChI is InChI=1S/C31H38N4O3/c1-19-10-9-14-25-29(19)34-30(32-25)20(2)16-27(36)26(18-28(37)35-15-8-7-11-21(35)3)33-31(38)24-17-23(24)22-12-5-4-6-13-22/h4-6,9-10,12-14,20-21,23-24,26H,7-8,11,15-18H2,1-3H3,(H,32,34)(H,33,38)/t20-,21+,23-,24+,26+/m1/s1. The van der Waals surface area contributed by atoms with Gasteiger partial charge in [-0.1, -0.05) is 49.4 Å². The third kappa shape index (κ3) is 5.66. The van der Waals surface area contributed by atoms with Crippen LogP contribution in [0.5, 0.6) is 0 Å². The van der Waals surface area contributed by atoms with E-state index in [0.29, 0.717) is 6.54 Å². The summed E-state index contributed by atoms with van der Waals surface area (Å²) in [7, 11) is 0. The summed E-state index contributed by atoms with van der Waals surface area (Å²) in [5.41, 5.74) is 4.07. The molecule has 0 spiro atoms. The number of ketones is 1. The van der Waals surface area contributed by atoms with Gasteiger partial charge in [-0.05, 0) is 62.6 Å². The number of nitrogens with one attached hydrogen (secondary N) is 2. The number of benzene rings is 2. The molecule has 0 radical (unpaired) electrons. The molecule has 7 nitrogen and oxygen atoms in total. The predicted molar refractivity (Wildman–Crippen MR) is 148 cm³/mol. The number of H-pyrrole nitrogens is 1. The van der Waals surface area contributed by atoms with E-state index < -0.39 is 6.04 Å². The lowest BCUT2D eigenvalue weighted by Gasteiger charge is -2.34. The van der Waals surface area contributed by atoms with Gasteiger partial charge in [0.25, 0.3) is 0 Å². The molecule has 38 heavy (non-hydrogen) atoms. The molecule has 5 atom stereocenters. The van der Waals surface area contributed by atoms with Crippen molar-refractivity contribution in [1.29, 1.82) is 0 Å². The molecule has 1 saturated carbocycles. The van der Waals surface area contributed by atoms with Gasteiger partial charge in [-0.3, -0.25) is 14.4 Å². The molecule has 2 amide bonds. The largest absolute Gasteiger partial charge is 0.346 e. The van der Waals surface area contributed by atoms with Crippen LogP contribution in [0.4, 0.5) is 0 Å². The Morgan fingerprint density at radius 2 is 1.87 bits per heavy atom. The molecule has 2 N–H and O–H groups in total. The summed E-state index contributed by atoms with van der Waals surface area (Å²) in [6, 6.07) is 15.3. The summed E-state index contributed by atoms with van der Waals surface area (Å²) in [6.45, 7) is 6.75. The van der Waals surface area contributed by atoms with Crippen LogP contribution in [-0.2, 0) is 14.4 Å². The minimum Gasteiger partial charge on any atom is -0.346 e. The number of imidazole rings is 1. The van der Waals surface area contributed by atoms with E-state index >= 15 is 0 Å². The number of carbonyl (C=O) groups is 3. The molecule has 5 rings (SSSR count). The number of nitrogens with zero attached hydrogens (tertiary/aromatic N) is 2. The quantitative estimate of drug-likeness (QED) is 0.419. The van der Waals surface area contributed by atoms with Crippen molar-refractivity contribution in [2.24, 2.45) is 5.92 Å². The van der Waals surface area contributed by atoms with Gasteiger partial charge in [0.2, 0.25) is 11.8 Å². The number of amides is 2. The molecule has 2 aliphatic rings. The molecular weight excluding hydrogens is 476 g/mol. The Morgan fingerprint density at radius 3 is 2.61 bits per heavy atom. The maximum absolute atomic E-state index is 13.6. The van der Waals surface area contributed by atoms with Crippen molar-refractivity contribution < 1.29 is 14.4 Å². The maximum Gasteiger partial charge on any atom is 0.225 e. The summed E-state index contributed by atoms with van der Waals surface area (Å²) in [4.78, 5) is 50.1. The topological polar surface area (TPSA) is 95.2 Å². The zero-order valence-corrected chi connectivity index (χ0v) is 22.6. The summed E-state index contributed by atoms with van der Waals surface area (Å²) in [5, 5.41) is 2.99. The first kappa shape index (κ1) is 26.1. The Balaban J connectivity index is 1.29. The van der Waals surface area contributed by atoms with Crippen LogP contribution >= 0.6 is 0 Å². The number of aromatic nitrogens is 2. The number of para-hydroxylation sites is 1. The Labute approximate surface area is 224 Å². The van der Waals surface area contributed by atoms with E-state index in [2.05, 4.69) is 17.2 Å². The lowest BCUT2D eigenvalue weighted by Crippen LogP contribution is -2.48. The summed E-state index contributed by atoms with van der Waals surface area (Å²) >= 11 is 0. The van der Waals surface area contributed by atoms with Gasteiger partial charge in [-0.25, -0.2) is 4.98 Å². The lowest BCUT2D eigenvalue weighted by atomic mass is 9.96. The number of fused-ring (bicyclic) bond motifs is 1. The second-order valence-electron chi connectivity index (χ2n) is 11.2. The van der Waals surface area contributed by atoms with Gasteiger partial charge in [0, 0.05) is 30.8 Å². The lowest BCUT2D eigenvalue weighted by molar-refractivity contribution is -0.138. The molecule has 0 bridgehead atoms. The molecule has 1 aliphatic heterocycles. The van der Waals surface area contributed by atoms with Crippen LogP contribution < -0.4 is 5.32 Å². The molecule has 7 heteroatoms. The number of aryl methyl sites for hydroxylation is 1. The molecular formula is C31H38N4O3. The van der Waals surface area contributed by atoms with Crippen LogP contribution in [0.2, 0.25) is 0 Å². The molecule has 2 aromatic carbocycles. The minimum atomic E-state index is -0.838. The van der Waals surface area contributed by atoms with E-state index in [0.717, 1.165) is 53.7 Å². The zero-order valence-electron chi connectivity index (χ0n) is 22.6. The predicted octanol–water partition coefficient (Wildman–Crippen LogP) is 5.01. The molecule has 1 aliphatic carbocycles. The summed E-state index contributed by atoms with van der Waals surface area (Å²) in [5.74, 6) is 0.264. The van der Waals surface area contributed by atoms with Gasteiger partial charge < -0.3 is 15.2 Å². The van der Waals surface area contributed by atoms with Crippen LogP contribution in [0.3, 0.4) is 0 Å². The normalized spacial score (nSPS) is 22.6. The van der Waals surface area contributed by atoms with Crippen molar-refractivity contribution in [3.05, 3.63) is 65.5 Å². The Bertz CT molecular complexity index is 1320. The second-order valence-corrected chi connectivity index (χ2v) is 11.2. The van der Waals surface area contributed by atoms with Crippen molar-refractivity contribution in [3.63, 3.8) is 0 Å². The third-order valence-corrected chi connectivity index (χ3v) is 8.27. The van der Waals surface area contributed by atoms with Crippen molar-refractivity contribution in [3.8, 4) is 0 Å². The van der Waals surface area contributed by atoms with Crippen LogP contribution in [0.15, 0.2) is 48.5 Å². The van der Waals surface area contributed by atoms with Gasteiger partial charge >= 0.3 is 0 Å². The minimum absolute atomic E-state index is 0.00357. The van der Waals surface area contributed by atoms with Gasteiger partial charge in [0.15, 0.2) is 5.78 Å². The van der Waals surface area contributed by atoms with Crippen LogP contribution in [-0.4, -0.2) is 51.1 Å². The Morgan fingerprint density at radius 1 is 1.08 bits per heavy atom.